The molecule has 2 aromatic carbocycles. The highest BCUT2D eigenvalue weighted by Crippen LogP contribution is 2.27. The first-order valence-electron chi connectivity index (χ1n) is 8.11. The van der Waals surface area contributed by atoms with E-state index in [1.54, 1.807) is 30.3 Å². The molecule has 7 nitrogen and oxygen atoms in total. The fraction of sp³-hybridized carbons (Fsp3) is 0.211. The fourth-order valence-corrected chi connectivity index (χ4v) is 3.39. The molecule has 2 aromatic rings. The van der Waals surface area contributed by atoms with Gasteiger partial charge in [0.2, 0.25) is 10.0 Å². The molecule has 2 N–H and O–H groups in total. The number of amides is 1. The highest BCUT2D eigenvalue weighted by molar-refractivity contribution is 7.89. The molecule has 0 radical (unpaired) electrons. The molecular formula is C19H22N2O5S. The quantitative estimate of drug-likeness (QED) is 0.640. The van der Waals surface area contributed by atoms with Gasteiger partial charge in [0.25, 0.3) is 5.91 Å². The summed E-state index contributed by atoms with van der Waals surface area (Å²) >= 11 is 0. The number of sulfonamides is 1. The largest absolute Gasteiger partial charge is 0.493 e. The van der Waals surface area contributed by atoms with Gasteiger partial charge in [-0.1, -0.05) is 18.2 Å². The van der Waals surface area contributed by atoms with E-state index in [-0.39, 0.29) is 22.9 Å². The summed E-state index contributed by atoms with van der Waals surface area (Å²) in [5, 5.41) is 2.61. The molecule has 0 fully saturated rings. The zero-order valence-electron chi connectivity index (χ0n) is 15.2. The van der Waals surface area contributed by atoms with Crippen molar-refractivity contribution in [3.8, 4) is 11.5 Å². The van der Waals surface area contributed by atoms with Gasteiger partial charge in [-0.05, 0) is 35.9 Å². The molecule has 0 saturated heterocycles. The van der Waals surface area contributed by atoms with Gasteiger partial charge in [-0.15, -0.1) is 6.58 Å². The Morgan fingerprint density at radius 3 is 2.52 bits per heavy atom. The summed E-state index contributed by atoms with van der Waals surface area (Å²) in [7, 11) is -0.758. The average molecular weight is 390 g/mol. The van der Waals surface area contributed by atoms with Gasteiger partial charge >= 0.3 is 0 Å². The molecule has 1 amide bonds. The van der Waals surface area contributed by atoms with Gasteiger partial charge in [0.05, 0.1) is 19.1 Å². The standard InChI is InChI=1S/C19H22N2O5S/c1-4-10-20-19(22)15-6-5-7-16(12-15)27(23,24)21-13-14-8-9-17(25-2)18(11-14)26-3/h4-9,11-12,21H,1,10,13H2,2-3H3,(H,20,22). The van der Waals surface area contributed by atoms with E-state index in [0.717, 1.165) is 0 Å². The van der Waals surface area contributed by atoms with Gasteiger partial charge in [0, 0.05) is 18.7 Å². The van der Waals surface area contributed by atoms with E-state index in [2.05, 4.69) is 16.6 Å². The molecule has 0 aliphatic rings. The number of rotatable bonds is 9. The normalized spacial score (nSPS) is 10.9. The molecule has 0 aliphatic heterocycles. The first-order chi connectivity index (χ1) is 12.9. The molecule has 0 unspecified atom stereocenters. The zero-order chi connectivity index (χ0) is 19.9. The maximum atomic E-state index is 12.6. The molecule has 0 saturated carbocycles. The molecule has 8 heteroatoms. The van der Waals surface area contributed by atoms with E-state index in [0.29, 0.717) is 23.6 Å². The topological polar surface area (TPSA) is 93.7 Å². The Morgan fingerprint density at radius 1 is 1.11 bits per heavy atom. The Hall–Kier alpha value is -2.84. The van der Waals surface area contributed by atoms with Crippen molar-refractivity contribution in [2.45, 2.75) is 11.4 Å². The predicted molar refractivity (Wildman–Crippen MR) is 103 cm³/mol. The van der Waals surface area contributed by atoms with Gasteiger partial charge in [0.15, 0.2) is 11.5 Å². The van der Waals surface area contributed by atoms with Crippen LogP contribution in [0.25, 0.3) is 0 Å². The van der Waals surface area contributed by atoms with Gasteiger partial charge in [0.1, 0.15) is 0 Å². The van der Waals surface area contributed by atoms with Crippen LogP contribution in [0, 0.1) is 0 Å². The molecule has 0 aliphatic carbocycles. The van der Waals surface area contributed by atoms with E-state index in [1.165, 1.54) is 32.4 Å². The first-order valence-corrected chi connectivity index (χ1v) is 9.59. The van der Waals surface area contributed by atoms with Crippen molar-refractivity contribution in [3.63, 3.8) is 0 Å². The monoisotopic (exact) mass is 390 g/mol. The maximum absolute atomic E-state index is 12.6. The van der Waals surface area contributed by atoms with Crippen LogP contribution in [0.3, 0.4) is 0 Å². The molecule has 144 valence electrons. The molecule has 0 spiro atoms. The minimum atomic E-state index is -3.79. The average Bonchev–Trinajstić information content (AvgIpc) is 2.70. The minimum Gasteiger partial charge on any atom is -0.493 e. The molecule has 27 heavy (non-hydrogen) atoms. The minimum absolute atomic E-state index is 0.00855. The van der Waals surface area contributed by atoms with E-state index in [4.69, 9.17) is 9.47 Å². The van der Waals surface area contributed by atoms with Crippen molar-refractivity contribution < 1.29 is 22.7 Å². The van der Waals surface area contributed by atoms with Gasteiger partial charge in [-0.3, -0.25) is 4.79 Å². The van der Waals surface area contributed by atoms with E-state index in [1.807, 2.05) is 0 Å². The molecule has 2 rings (SSSR count). The third-order valence-corrected chi connectivity index (χ3v) is 5.13. The molecular weight excluding hydrogens is 368 g/mol. The van der Waals surface area contributed by atoms with Crippen LogP contribution in [0.5, 0.6) is 11.5 Å². The lowest BCUT2D eigenvalue weighted by Crippen LogP contribution is -2.25. The van der Waals surface area contributed by atoms with Crippen molar-refractivity contribution in [2.24, 2.45) is 0 Å². The molecule has 0 aromatic heterocycles. The summed E-state index contributed by atoms with van der Waals surface area (Å²) < 4.78 is 38.0. The number of carbonyl (C=O) groups is 1. The Balaban J connectivity index is 2.15. The van der Waals surface area contributed by atoms with Gasteiger partial charge in [-0.2, -0.15) is 0 Å². The van der Waals surface area contributed by atoms with Crippen LogP contribution in [-0.4, -0.2) is 35.1 Å². The number of hydrogen-bond donors (Lipinski definition) is 2. The Labute approximate surface area is 159 Å². The fourth-order valence-electron chi connectivity index (χ4n) is 2.32. The first kappa shape index (κ1) is 20.5. The second kappa shape index (κ2) is 9.20. The highest BCUT2D eigenvalue weighted by Gasteiger charge is 2.16. The summed E-state index contributed by atoms with van der Waals surface area (Å²) in [4.78, 5) is 12.0. The number of hydrogen-bond acceptors (Lipinski definition) is 5. The summed E-state index contributed by atoms with van der Waals surface area (Å²) in [6, 6.07) is 11.0. The Bertz CT molecular complexity index is 925. The third-order valence-electron chi connectivity index (χ3n) is 3.73. The number of carbonyl (C=O) groups excluding carboxylic acids is 1. The highest BCUT2D eigenvalue weighted by atomic mass is 32.2. The lowest BCUT2D eigenvalue weighted by atomic mass is 10.2. The Kier molecular flexibility index (Phi) is 6.98. The lowest BCUT2D eigenvalue weighted by molar-refractivity contribution is 0.0958. The van der Waals surface area contributed by atoms with Crippen molar-refractivity contribution in [2.75, 3.05) is 20.8 Å². The van der Waals surface area contributed by atoms with E-state index in [9.17, 15) is 13.2 Å². The number of methoxy groups -OCH3 is 2. The van der Waals surface area contributed by atoms with Crippen molar-refractivity contribution in [3.05, 3.63) is 66.2 Å². The van der Waals surface area contributed by atoms with Crippen LogP contribution in [0.1, 0.15) is 15.9 Å². The summed E-state index contributed by atoms with van der Waals surface area (Å²) in [5.41, 5.74) is 0.960. The number of benzene rings is 2. The Morgan fingerprint density at radius 2 is 1.85 bits per heavy atom. The van der Waals surface area contributed by atoms with Crippen molar-refractivity contribution in [1.29, 1.82) is 0 Å². The van der Waals surface area contributed by atoms with Crippen LogP contribution in [-0.2, 0) is 16.6 Å². The van der Waals surface area contributed by atoms with Crippen LogP contribution < -0.4 is 19.5 Å². The molecule has 0 heterocycles. The molecule has 0 bridgehead atoms. The predicted octanol–water partition coefficient (Wildman–Crippen LogP) is 2.10. The van der Waals surface area contributed by atoms with Crippen molar-refractivity contribution >= 4 is 15.9 Å². The summed E-state index contributed by atoms with van der Waals surface area (Å²) in [5.74, 6) is 0.698. The van der Waals surface area contributed by atoms with Crippen molar-refractivity contribution in [1.82, 2.24) is 10.0 Å². The van der Waals surface area contributed by atoms with Gasteiger partial charge in [-0.25, -0.2) is 13.1 Å². The van der Waals surface area contributed by atoms with Gasteiger partial charge < -0.3 is 14.8 Å². The zero-order valence-corrected chi connectivity index (χ0v) is 16.0. The van der Waals surface area contributed by atoms with Crippen LogP contribution in [0.4, 0.5) is 0 Å². The molecule has 0 atom stereocenters. The summed E-state index contributed by atoms with van der Waals surface area (Å²) in [6.45, 7) is 3.89. The third kappa shape index (κ3) is 5.32. The second-order valence-corrected chi connectivity index (χ2v) is 7.31. The lowest BCUT2D eigenvalue weighted by Gasteiger charge is -2.11. The summed E-state index contributed by atoms with van der Waals surface area (Å²) in [6.07, 6.45) is 1.54. The van der Waals surface area contributed by atoms with Crippen LogP contribution in [0.15, 0.2) is 60.0 Å². The van der Waals surface area contributed by atoms with E-state index < -0.39 is 10.0 Å². The maximum Gasteiger partial charge on any atom is 0.251 e. The SMILES string of the molecule is C=CCNC(=O)c1cccc(S(=O)(=O)NCc2ccc(OC)c(OC)c2)c1. The smallest absolute Gasteiger partial charge is 0.251 e. The van der Waals surface area contributed by atoms with Crippen LogP contribution in [0.2, 0.25) is 0 Å². The van der Waals surface area contributed by atoms with E-state index >= 15 is 0 Å². The second-order valence-electron chi connectivity index (χ2n) is 5.54. The van der Waals surface area contributed by atoms with Crippen LogP contribution >= 0.6 is 0 Å². The number of nitrogens with one attached hydrogen (secondary N) is 2. The number of ether oxygens (including phenoxy) is 2.